The lowest BCUT2D eigenvalue weighted by molar-refractivity contribution is -0.141. The molecule has 2 aliphatic carbocycles. The van der Waals surface area contributed by atoms with Crippen LogP contribution < -0.4 is 10.6 Å². The number of fused-ring (bicyclic) bond motifs is 3. The molecule has 0 saturated heterocycles. The Hall–Kier alpha value is -3.35. The Kier molecular flexibility index (Phi) is 7.50. The van der Waals surface area contributed by atoms with E-state index in [0.717, 1.165) is 17.5 Å². The number of carboxylic acid groups (broad SMARTS) is 1. The van der Waals surface area contributed by atoms with Crippen molar-refractivity contribution in [3.63, 3.8) is 0 Å². The summed E-state index contributed by atoms with van der Waals surface area (Å²) in [6.07, 6.45) is 2.79. The van der Waals surface area contributed by atoms with E-state index in [1.54, 1.807) is 0 Å². The molecular formula is C27H32N2O5. The molecule has 0 bridgehead atoms. The first kappa shape index (κ1) is 23.8. The summed E-state index contributed by atoms with van der Waals surface area (Å²) >= 11 is 0. The lowest BCUT2D eigenvalue weighted by Gasteiger charge is -2.20. The van der Waals surface area contributed by atoms with Gasteiger partial charge >= 0.3 is 12.1 Å². The van der Waals surface area contributed by atoms with Crippen molar-refractivity contribution in [3.8, 4) is 11.1 Å². The summed E-state index contributed by atoms with van der Waals surface area (Å²) < 4.78 is 5.62. The molecule has 0 aliphatic heterocycles. The third-order valence-electron chi connectivity index (χ3n) is 6.88. The summed E-state index contributed by atoms with van der Waals surface area (Å²) in [5, 5.41) is 14.9. The van der Waals surface area contributed by atoms with Gasteiger partial charge in [0.2, 0.25) is 5.91 Å². The summed E-state index contributed by atoms with van der Waals surface area (Å²) in [5.74, 6) is -1.39. The first-order valence-corrected chi connectivity index (χ1v) is 12.1. The maximum Gasteiger partial charge on any atom is 0.407 e. The average molecular weight is 465 g/mol. The van der Waals surface area contributed by atoms with Crippen LogP contribution >= 0.6 is 0 Å². The van der Waals surface area contributed by atoms with Crippen LogP contribution in [-0.4, -0.2) is 41.8 Å². The number of carboxylic acids is 1. The number of carbonyl (C=O) groups excluding carboxylic acids is 2. The van der Waals surface area contributed by atoms with Crippen molar-refractivity contribution in [2.24, 2.45) is 5.92 Å². The summed E-state index contributed by atoms with van der Waals surface area (Å²) in [5.41, 5.74) is 4.64. The van der Waals surface area contributed by atoms with Crippen molar-refractivity contribution in [1.29, 1.82) is 0 Å². The minimum atomic E-state index is -0.808. The van der Waals surface area contributed by atoms with Gasteiger partial charge in [-0.05, 0) is 47.9 Å². The Morgan fingerprint density at radius 1 is 1.03 bits per heavy atom. The number of hydrogen-bond donors (Lipinski definition) is 3. The standard InChI is InChI=1S/C27H32N2O5/c1-2-7-18(15-25(30)28-19-13-12-17(14-19)26(31)32)29-27(33)34-16-24-22-10-5-3-8-20(22)21-9-4-6-11-23(21)24/h3-6,8-11,17-19,24H,2,7,12-16H2,1H3,(H,28,30)(H,29,33)(H,31,32)/t17-,18+,19+/m0/s1. The van der Waals surface area contributed by atoms with Gasteiger partial charge in [-0.2, -0.15) is 0 Å². The number of nitrogens with one attached hydrogen (secondary N) is 2. The lowest BCUT2D eigenvalue weighted by Crippen LogP contribution is -2.42. The molecule has 3 atom stereocenters. The fourth-order valence-corrected chi connectivity index (χ4v) is 5.23. The van der Waals surface area contributed by atoms with Crippen LogP contribution in [0.1, 0.15) is 62.5 Å². The number of carbonyl (C=O) groups is 3. The minimum absolute atomic E-state index is 0.0179. The van der Waals surface area contributed by atoms with Crippen LogP contribution in [0.4, 0.5) is 4.79 Å². The number of hydrogen-bond acceptors (Lipinski definition) is 4. The molecule has 1 fully saturated rings. The Bertz CT molecular complexity index is 1010. The fraction of sp³-hybridized carbons (Fsp3) is 0.444. The maximum absolute atomic E-state index is 12.6. The lowest BCUT2D eigenvalue weighted by atomic mass is 9.98. The zero-order chi connectivity index (χ0) is 24.1. The van der Waals surface area contributed by atoms with E-state index >= 15 is 0 Å². The summed E-state index contributed by atoms with van der Waals surface area (Å²) in [6, 6.07) is 15.9. The quantitative estimate of drug-likeness (QED) is 0.508. The predicted octanol–water partition coefficient (Wildman–Crippen LogP) is 4.45. The molecule has 34 heavy (non-hydrogen) atoms. The van der Waals surface area contributed by atoms with Crippen molar-refractivity contribution in [3.05, 3.63) is 59.7 Å². The Labute approximate surface area is 199 Å². The Morgan fingerprint density at radius 2 is 1.68 bits per heavy atom. The largest absolute Gasteiger partial charge is 0.481 e. The molecule has 0 spiro atoms. The monoisotopic (exact) mass is 464 g/mol. The van der Waals surface area contributed by atoms with E-state index in [-0.39, 0.29) is 36.9 Å². The maximum atomic E-state index is 12.6. The number of aliphatic carboxylic acids is 1. The number of benzene rings is 2. The van der Waals surface area contributed by atoms with Crippen LogP contribution in [-0.2, 0) is 14.3 Å². The first-order chi connectivity index (χ1) is 16.5. The first-order valence-electron chi connectivity index (χ1n) is 12.1. The van der Waals surface area contributed by atoms with Crippen LogP contribution in [0.25, 0.3) is 11.1 Å². The van der Waals surface area contributed by atoms with Gasteiger partial charge in [0.25, 0.3) is 0 Å². The second-order valence-corrected chi connectivity index (χ2v) is 9.27. The van der Waals surface area contributed by atoms with Gasteiger partial charge in [0.15, 0.2) is 0 Å². The summed E-state index contributed by atoms with van der Waals surface area (Å²) in [7, 11) is 0. The van der Waals surface area contributed by atoms with Gasteiger partial charge in [0.05, 0.1) is 5.92 Å². The molecule has 2 amide bonds. The van der Waals surface area contributed by atoms with Crippen molar-refractivity contribution in [1.82, 2.24) is 10.6 Å². The van der Waals surface area contributed by atoms with Crippen LogP contribution in [0.5, 0.6) is 0 Å². The van der Waals surface area contributed by atoms with Gasteiger partial charge in [0, 0.05) is 24.4 Å². The van der Waals surface area contributed by atoms with Crippen molar-refractivity contribution >= 4 is 18.0 Å². The fourth-order valence-electron chi connectivity index (χ4n) is 5.23. The minimum Gasteiger partial charge on any atom is -0.481 e. The highest BCUT2D eigenvalue weighted by Gasteiger charge is 2.31. The van der Waals surface area contributed by atoms with Gasteiger partial charge in [-0.3, -0.25) is 9.59 Å². The number of ether oxygens (including phenoxy) is 1. The van der Waals surface area contributed by atoms with E-state index in [2.05, 4.69) is 34.9 Å². The molecule has 2 aromatic carbocycles. The third kappa shape index (κ3) is 5.41. The van der Waals surface area contributed by atoms with Gasteiger partial charge in [-0.25, -0.2) is 4.79 Å². The molecule has 7 heteroatoms. The highest BCUT2D eigenvalue weighted by atomic mass is 16.5. The second kappa shape index (κ2) is 10.7. The molecule has 180 valence electrons. The molecule has 0 aromatic heterocycles. The van der Waals surface area contributed by atoms with E-state index in [1.165, 1.54) is 11.1 Å². The Balaban J connectivity index is 1.30. The molecule has 0 radical (unpaired) electrons. The summed E-state index contributed by atoms with van der Waals surface area (Å²) in [4.78, 5) is 36.3. The van der Waals surface area contributed by atoms with Crippen LogP contribution in [0, 0.1) is 5.92 Å². The van der Waals surface area contributed by atoms with E-state index < -0.39 is 18.0 Å². The van der Waals surface area contributed by atoms with E-state index in [1.807, 2.05) is 31.2 Å². The van der Waals surface area contributed by atoms with Crippen LogP contribution in [0.3, 0.4) is 0 Å². The SMILES string of the molecule is CCC[C@H](CC(=O)N[C@@H]1CC[C@H](C(=O)O)C1)NC(=O)OCC1c2ccccc2-c2ccccc21. The summed E-state index contributed by atoms with van der Waals surface area (Å²) in [6.45, 7) is 2.22. The van der Waals surface area contributed by atoms with E-state index in [0.29, 0.717) is 25.7 Å². The molecule has 1 saturated carbocycles. The van der Waals surface area contributed by atoms with Gasteiger partial charge in [-0.1, -0.05) is 61.9 Å². The molecule has 0 unspecified atom stereocenters. The topological polar surface area (TPSA) is 105 Å². The van der Waals surface area contributed by atoms with E-state index in [4.69, 9.17) is 9.84 Å². The molecule has 3 N–H and O–H groups in total. The van der Waals surface area contributed by atoms with Crippen LogP contribution in [0.15, 0.2) is 48.5 Å². The Morgan fingerprint density at radius 3 is 2.26 bits per heavy atom. The van der Waals surface area contributed by atoms with E-state index in [9.17, 15) is 14.4 Å². The van der Waals surface area contributed by atoms with Gasteiger partial charge in [0.1, 0.15) is 6.61 Å². The van der Waals surface area contributed by atoms with Gasteiger partial charge in [-0.15, -0.1) is 0 Å². The number of alkyl carbamates (subject to hydrolysis) is 1. The molecule has 2 aromatic rings. The zero-order valence-electron chi connectivity index (χ0n) is 19.5. The van der Waals surface area contributed by atoms with Crippen molar-refractivity contribution in [2.45, 2.75) is 63.5 Å². The normalized spacial score (nSPS) is 19.7. The van der Waals surface area contributed by atoms with Crippen molar-refractivity contribution in [2.75, 3.05) is 6.61 Å². The average Bonchev–Trinajstić information content (AvgIpc) is 3.41. The van der Waals surface area contributed by atoms with Crippen molar-refractivity contribution < 1.29 is 24.2 Å². The molecule has 7 nitrogen and oxygen atoms in total. The third-order valence-corrected chi connectivity index (χ3v) is 6.88. The highest BCUT2D eigenvalue weighted by Crippen LogP contribution is 2.44. The molecule has 4 rings (SSSR count). The molecular weight excluding hydrogens is 432 g/mol. The zero-order valence-corrected chi connectivity index (χ0v) is 19.5. The smallest absolute Gasteiger partial charge is 0.407 e. The molecule has 2 aliphatic rings. The van der Waals surface area contributed by atoms with Crippen LogP contribution in [0.2, 0.25) is 0 Å². The van der Waals surface area contributed by atoms with Gasteiger partial charge < -0.3 is 20.5 Å². The number of rotatable bonds is 9. The second-order valence-electron chi connectivity index (χ2n) is 9.27. The number of amides is 2. The molecule has 0 heterocycles. The predicted molar refractivity (Wildman–Crippen MR) is 128 cm³/mol. The highest BCUT2D eigenvalue weighted by molar-refractivity contribution is 5.80.